The molecule has 0 rings (SSSR count). The highest BCUT2D eigenvalue weighted by molar-refractivity contribution is 5.99. The van der Waals surface area contributed by atoms with Gasteiger partial charge in [-0.05, 0) is 0 Å². The molecule has 0 unspecified atom stereocenters. The zero-order valence-electron chi connectivity index (χ0n) is 7.62. The zero-order chi connectivity index (χ0) is 9.07. The molecule has 1 N–H and O–H groups in total. The Bertz CT molecular complexity index is 204. The Morgan fingerprint density at radius 2 is 1.91 bits per heavy atom. The minimum absolute atomic E-state index is 0.198. The Morgan fingerprint density at radius 3 is 2.00 bits per heavy atom. The maximum Gasteiger partial charge on any atom is 0.182 e. The third-order valence-electron chi connectivity index (χ3n) is 1.34. The third kappa shape index (κ3) is 2.60. The Hall–Kier alpha value is -1.01. The van der Waals surface area contributed by atoms with Gasteiger partial charge in [0.25, 0.3) is 0 Å². The van der Waals surface area contributed by atoms with Crippen LogP contribution in [0.4, 0.5) is 0 Å². The van der Waals surface area contributed by atoms with E-state index in [2.05, 4.69) is 12.3 Å². The molecule has 2 nitrogen and oxygen atoms in total. The van der Waals surface area contributed by atoms with Crippen LogP contribution in [0, 0.1) is 10.8 Å². The van der Waals surface area contributed by atoms with Gasteiger partial charge >= 0.3 is 0 Å². The molecule has 0 aliphatic carbocycles. The summed E-state index contributed by atoms with van der Waals surface area (Å²) in [6, 6.07) is 0. The first-order chi connectivity index (χ1) is 4.93. The second-order valence-corrected chi connectivity index (χ2v) is 3.34. The number of allylic oxidation sites excluding steroid dienone is 1. The largest absolute Gasteiger partial charge is 0.488 e. The van der Waals surface area contributed by atoms with Gasteiger partial charge in [0.2, 0.25) is 0 Å². The molecule has 62 valence electrons. The Labute approximate surface area is 68.1 Å². The van der Waals surface area contributed by atoms with Gasteiger partial charge in [-0.2, -0.15) is 0 Å². The van der Waals surface area contributed by atoms with Crippen molar-refractivity contribution < 1.29 is 4.74 Å². The number of ether oxygens (including phenoxy) is 1. The minimum Gasteiger partial charge on any atom is -0.488 e. The van der Waals surface area contributed by atoms with Crippen molar-refractivity contribution in [3.8, 4) is 0 Å². The number of hydrogen-bond acceptors (Lipinski definition) is 2. The van der Waals surface area contributed by atoms with Crippen molar-refractivity contribution in [3.05, 3.63) is 18.1 Å². The van der Waals surface area contributed by atoms with Crippen LogP contribution in [0.25, 0.3) is 0 Å². The van der Waals surface area contributed by atoms with Crippen LogP contribution in [0.5, 0.6) is 0 Å². The topological polar surface area (TPSA) is 33.1 Å². The van der Waals surface area contributed by atoms with Crippen molar-refractivity contribution in [3.63, 3.8) is 0 Å². The van der Waals surface area contributed by atoms with Crippen LogP contribution in [-0.4, -0.2) is 12.8 Å². The average Bonchev–Trinajstić information content (AvgIpc) is 1.88. The van der Waals surface area contributed by atoms with E-state index in [1.54, 1.807) is 0 Å². The highest BCUT2D eigenvalue weighted by Gasteiger charge is 2.21. The van der Waals surface area contributed by atoms with E-state index in [4.69, 9.17) is 10.1 Å². The van der Waals surface area contributed by atoms with Crippen molar-refractivity contribution in [1.29, 1.82) is 5.41 Å². The van der Waals surface area contributed by atoms with Crippen molar-refractivity contribution in [2.24, 2.45) is 5.41 Å². The summed E-state index contributed by atoms with van der Waals surface area (Å²) < 4.78 is 4.91. The van der Waals surface area contributed by atoms with Crippen molar-refractivity contribution in [2.45, 2.75) is 20.8 Å². The average molecular weight is 153 g/mol. The van der Waals surface area contributed by atoms with Gasteiger partial charge in [-0.3, -0.25) is 0 Å². The fraction of sp³-hybridized carbons (Fsp3) is 0.556. The Balaban J connectivity index is 4.63. The van der Waals surface area contributed by atoms with E-state index in [0.29, 0.717) is 11.5 Å². The van der Waals surface area contributed by atoms with Crippen molar-refractivity contribution in [2.75, 3.05) is 7.11 Å². The molecule has 0 aromatic carbocycles. The van der Waals surface area contributed by atoms with Crippen molar-refractivity contribution >= 4 is 5.71 Å². The highest BCUT2D eigenvalue weighted by atomic mass is 16.5. The number of nitrogens with one attached hydrogen (secondary N) is 1. The summed E-state index contributed by atoms with van der Waals surface area (Å²) in [6.07, 6.45) is 0. The lowest BCUT2D eigenvalue weighted by Gasteiger charge is -2.19. The summed E-state index contributed by atoms with van der Waals surface area (Å²) in [5, 5.41) is 7.63. The van der Waals surface area contributed by atoms with Gasteiger partial charge in [-0.25, -0.2) is 0 Å². The minimum atomic E-state index is -0.198. The molecule has 0 aromatic heterocycles. The summed E-state index contributed by atoms with van der Waals surface area (Å²) in [5.74, 6) is 0.428. The molecule has 0 bridgehead atoms. The zero-order valence-corrected chi connectivity index (χ0v) is 7.62. The maximum atomic E-state index is 7.63. The summed E-state index contributed by atoms with van der Waals surface area (Å²) >= 11 is 0. The van der Waals surface area contributed by atoms with Gasteiger partial charge in [0.15, 0.2) is 5.76 Å². The summed E-state index contributed by atoms with van der Waals surface area (Å²) in [7, 11) is 1.52. The molecule has 0 atom stereocenters. The van der Waals surface area contributed by atoms with Gasteiger partial charge in [-0.1, -0.05) is 33.1 Å². The van der Waals surface area contributed by atoms with Crippen LogP contribution in [0.15, 0.2) is 18.1 Å². The van der Waals surface area contributed by atoms with Crippen LogP contribution < -0.4 is 0 Å². The van der Waals surface area contributed by atoms with E-state index in [1.165, 1.54) is 7.11 Å². The van der Waals surface area contributed by atoms with Crippen LogP contribution in [-0.2, 0) is 4.74 Å². The normalized spacial score (nSPS) is 10.2. The van der Waals surface area contributed by atoms with Crippen LogP contribution in [0.1, 0.15) is 20.8 Å². The standard InChI is InChI=1S/C9H15NO/c1-6-7(11-5)8(10)9(2,3)4/h10H,1H2,2-5H3. The second-order valence-electron chi connectivity index (χ2n) is 3.34. The number of rotatable bonds is 2. The van der Waals surface area contributed by atoms with E-state index in [-0.39, 0.29) is 5.41 Å². The lowest BCUT2D eigenvalue weighted by atomic mass is 9.89. The van der Waals surface area contributed by atoms with Gasteiger partial charge < -0.3 is 10.1 Å². The molecule has 0 aliphatic heterocycles. The summed E-state index contributed by atoms with van der Waals surface area (Å²) in [4.78, 5) is 0. The molecule has 2 heteroatoms. The molecule has 0 aliphatic rings. The molecule has 0 radical (unpaired) electrons. The summed E-state index contributed by atoms with van der Waals surface area (Å²) in [6.45, 7) is 9.29. The van der Waals surface area contributed by atoms with E-state index in [9.17, 15) is 0 Å². The number of methoxy groups -OCH3 is 1. The first-order valence-electron chi connectivity index (χ1n) is 3.47. The monoisotopic (exact) mass is 153 g/mol. The smallest absolute Gasteiger partial charge is 0.182 e. The van der Waals surface area contributed by atoms with E-state index >= 15 is 0 Å². The van der Waals surface area contributed by atoms with Crippen LogP contribution in [0.3, 0.4) is 0 Å². The van der Waals surface area contributed by atoms with Gasteiger partial charge in [0, 0.05) is 5.41 Å². The fourth-order valence-corrected chi connectivity index (χ4v) is 0.603. The third-order valence-corrected chi connectivity index (χ3v) is 1.34. The Morgan fingerprint density at radius 1 is 1.45 bits per heavy atom. The van der Waals surface area contributed by atoms with E-state index in [0.717, 1.165) is 0 Å². The molecule has 0 fully saturated rings. The second kappa shape index (κ2) is 3.40. The number of hydrogen-bond donors (Lipinski definition) is 1. The molecular weight excluding hydrogens is 138 g/mol. The molecule has 0 amide bonds. The molecule has 0 aromatic rings. The highest BCUT2D eigenvalue weighted by Crippen LogP contribution is 2.19. The van der Waals surface area contributed by atoms with Crippen LogP contribution in [0.2, 0.25) is 0 Å². The molecule has 0 spiro atoms. The Kier molecular flexibility index (Phi) is 3.09. The maximum absolute atomic E-state index is 7.63. The molecule has 11 heavy (non-hydrogen) atoms. The van der Waals surface area contributed by atoms with E-state index in [1.807, 2.05) is 20.8 Å². The molecule has 0 saturated heterocycles. The van der Waals surface area contributed by atoms with Gasteiger partial charge in [0.1, 0.15) is 0 Å². The van der Waals surface area contributed by atoms with Crippen LogP contribution >= 0.6 is 0 Å². The first-order valence-corrected chi connectivity index (χ1v) is 3.47. The lowest BCUT2D eigenvalue weighted by molar-refractivity contribution is 0.308. The van der Waals surface area contributed by atoms with Gasteiger partial charge in [-0.15, -0.1) is 0 Å². The van der Waals surface area contributed by atoms with E-state index < -0.39 is 0 Å². The van der Waals surface area contributed by atoms with Crippen molar-refractivity contribution in [1.82, 2.24) is 0 Å². The molecule has 0 saturated carbocycles. The fourth-order valence-electron chi connectivity index (χ4n) is 0.603. The SMILES string of the molecule is C=C=C(OC)C(=N)C(C)(C)C. The lowest BCUT2D eigenvalue weighted by Crippen LogP contribution is -2.21. The van der Waals surface area contributed by atoms with Gasteiger partial charge in [0.05, 0.1) is 12.8 Å². The predicted molar refractivity (Wildman–Crippen MR) is 46.8 cm³/mol. The first kappa shape index (κ1) is 9.99. The summed E-state index contributed by atoms with van der Waals surface area (Å²) in [5.41, 5.74) is 2.81. The molecular formula is C9H15NO. The molecule has 0 heterocycles. The quantitative estimate of drug-likeness (QED) is 0.369. The predicted octanol–water partition coefficient (Wildman–Crippen LogP) is 2.37.